The zero-order valence-corrected chi connectivity index (χ0v) is 15.4. The Kier molecular flexibility index (Phi) is 6.05. The molecule has 5 heteroatoms. The van der Waals surface area contributed by atoms with Gasteiger partial charge in [0.25, 0.3) is 0 Å². The van der Waals surface area contributed by atoms with Gasteiger partial charge in [-0.15, -0.1) is 0 Å². The molecule has 0 aliphatic heterocycles. The van der Waals surface area contributed by atoms with Crippen LogP contribution < -0.4 is 14.8 Å². The molecular weight excluding hydrogens is 340 g/mol. The summed E-state index contributed by atoms with van der Waals surface area (Å²) in [6, 6.07) is 20.7. The quantitative estimate of drug-likeness (QED) is 0.688. The van der Waals surface area contributed by atoms with E-state index in [2.05, 4.69) is 10.3 Å². The minimum atomic E-state index is -0.368. The molecule has 2 aromatic carbocycles. The number of hydrogen-bond acceptors (Lipinski definition) is 4. The molecule has 5 nitrogen and oxygen atoms in total. The third kappa shape index (κ3) is 4.64. The van der Waals surface area contributed by atoms with Gasteiger partial charge in [-0.05, 0) is 29.8 Å². The molecule has 3 aromatic rings. The topological polar surface area (TPSA) is 60.5 Å². The molecule has 3 rings (SSSR count). The summed E-state index contributed by atoms with van der Waals surface area (Å²) in [5, 5.41) is 2.98. The van der Waals surface area contributed by atoms with Gasteiger partial charge >= 0.3 is 0 Å². The molecule has 0 radical (unpaired) electrons. The lowest BCUT2D eigenvalue weighted by Crippen LogP contribution is -2.23. The highest BCUT2D eigenvalue weighted by atomic mass is 16.5. The fourth-order valence-electron chi connectivity index (χ4n) is 2.90. The van der Waals surface area contributed by atoms with Crippen molar-refractivity contribution in [1.82, 2.24) is 4.98 Å². The molecule has 1 N–H and O–H groups in total. The third-order valence-corrected chi connectivity index (χ3v) is 4.32. The van der Waals surface area contributed by atoms with E-state index in [9.17, 15) is 4.79 Å². The Morgan fingerprint density at radius 2 is 1.78 bits per heavy atom. The molecule has 1 heterocycles. The van der Waals surface area contributed by atoms with Crippen molar-refractivity contribution in [1.29, 1.82) is 0 Å². The first-order valence-electron chi connectivity index (χ1n) is 8.69. The molecule has 0 saturated carbocycles. The van der Waals surface area contributed by atoms with Gasteiger partial charge in [-0.1, -0.05) is 36.4 Å². The van der Waals surface area contributed by atoms with Crippen LogP contribution in [0.25, 0.3) is 0 Å². The number of methoxy groups -OCH3 is 2. The standard InChI is InChI=1S/C22H22N2O3/c1-26-18-11-12-20(21(15-18)27-2)24-22(25)19(16-8-4-3-5-9-16)14-17-10-6-7-13-23-17/h3-13,15,19H,14H2,1-2H3,(H,24,25). The highest BCUT2D eigenvalue weighted by molar-refractivity contribution is 5.97. The molecule has 0 bridgehead atoms. The fourth-order valence-corrected chi connectivity index (χ4v) is 2.90. The zero-order valence-electron chi connectivity index (χ0n) is 15.4. The number of amides is 1. The van der Waals surface area contributed by atoms with Crippen molar-refractivity contribution >= 4 is 11.6 Å². The monoisotopic (exact) mass is 362 g/mol. The third-order valence-electron chi connectivity index (χ3n) is 4.32. The Hall–Kier alpha value is -3.34. The normalized spacial score (nSPS) is 11.5. The number of nitrogens with zero attached hydrogens (tertiary/aromatic N) is 1. The van der Waals surface area contributed by atoms with Gasteiger partial charge in [0, 0.05) is 24.4 Å². The van der Waals surface area contributed by atoms with Crippen LogP contribution in [-0.4, -0.2) is 25.1 Å². The molecule has 27 heavy (non-hydrogen) atoms. The Balaban J connectivity index is 1.87. The van der Waals surface area contributed by atoms with Gasteiger partial charge in [0.1, 0.15) is 11.5 Å². The second-order valence-corrected chi connectivity index (χ2v) is 6.04. The lowest BCUT2D eigenvalue weighted by molar-refractivity contribution is -0.117. The zero-order chi connectivity index (χ0) is 19.1. The van der Waals surface area contributed by atoms with Gasteiger partial charge in [-0.2, -0.15) is 0 Å². The summed E-state index contributed by atoms with van der Waals surface area (Å²) >= 11 is 0. The van der Waals surface area contributed by atoms with E-state index >= 15 is 0 Å². The van der Waals surface area contributed by atoms with Crippen molar-refractivity contribution in [3.63, 3.8) is 0 Å². The summed E-state index contributed by atoms with van der Waals surface area (Å²) < 4.78 is 10.6. The summed E-state index contributed by atoms with van der Waals surface area (Å²) in [6.07, 6.45) is 2.25. The first-order chi connectivity index (χ1) is 13.2. The molecule has 0 aliphatic rings. The Labute approximate surface area is 159 Å². The number of hydrogen-bond donors (Lipinski definition) is 1. The van der Waals surface area contributed by atoms with E-state index < -0.39 is 0 Å². The van der Waals surface area contributed by atoms with E-state index in [0.29, 0.717) is 23.6 Å². The number of carbonyl (C=O) groups is 1. The molecule has 0 saturated heterocycles. The first-order valence-corrected chi connectivity index (χ1v) is 8.69. The maximum Gasteiger partial charge on any atom is 0.232 e. The van der Waals surface area contributed by atoms with Gasteiger partial charge < -0.3 is 14.8 Å². The minimum absolute atomic E-state index is 0.115. The highest BCUT2D eigenvalue weighted by Gasteiger charge is 2.23. The van der Waals surface area contributed by atoms with Crippen LogP contribution in [0.5, 0.6) is 11.5 Å². The second kappa shape index (κ2) is 8.85. The van der Waals surface area contributed by atoms with Crippen LogP contribution in [0.15, 0.2) is 72.9 Å². The number of benzene rings is 2. The average molecular weight is 362 g/mol. The number of anilines is 1. The van der Waals surface area contributed by atoms with Crippen molar-refractivity contribution in [2.75, 3.05) is 19.5 Å². The summed E-state index contributed by atoms with van der Waals surface area (Å²) in [7, 11) is 3.15. The van der Waals surface area contributed by atoms with Crippen molar-refractivity contribution in [3.8, 4) is 11.5 Å². The molecule has 1 amide bonds. The van der Waals surface area contributed by atoms with E-state index in [1.807, 2.05) is 48.5 Å². The number of pyridine rings is 1. The summed E-state index contributed by atoms with van der Waals surface area (Å²) in [4.78, 5) is 17.5. The SMILES string of the molecule is COc1ccc(NC(=O)C(Cc2ccccn2)c2ccccc2)c(OC)c1. The lowest BCUT2D eigenvalue weighted by atomic mass is 9.93. The van der Waals surface area contributed by atoms with Crippen molar-refractivity contribution in [3.05, 3.63) is 84.2 Å². The van der Waals surface area contributed by atoms with Crippen LogP contribution in [0.1, 0.15) is 17.2 Å². The maximum atomic E-state index is 13.1. The van der Waals surface area contributed by atoms with Crippen LogP contribution >= 0.6 is 0 Å². The number of ether oxygens (including phenoxy) is 2. The van der Waals surface area contributed by atoms with E-state index in [-0.39, 0.29) is 11.8 Å². The summed E-state index contributed by atoms with van der Waals surface area (Å²) in [6.45, 7) is 0. The molecule has 1 aromatic heterocycles. The van der Waals surface area contributed by atoms with Gasteiger partial charge in [0.2, 0.25) is 5.91 Å². The predicted molar refractivity (Wildman–Crippen MR) is 105 cm³/mol. The summed E-state index contributed by atoms with van der Waals surface area (Å²) in [5.74, 6) is 0.730. The van der Waals surface area contributed by atoms with Gasteiger partial charge in [0.05, 0.1) is 25.8 Å². The average Bonchev–Trinajstić information content (AvgIpc) is 2.73. The molecule has 0 fully saturated rings. The second-order valence-electron chi connectivity index (χ2n) is 6.04. The Morgan fingerprint density at radius 1 is 1.00 bits per heavy atom. The van der Waals surface area contributed by atoms with Gasteiger partial charge in [0.15, 0.2) is 0 Å². The van der Waals surface area contributed by atoms with Crippen LogP contribution in [0.2, 0.25) is 0 Å². The lowest BCUT2D eigenvalue weighted by Gasteiger charge is -2.18. The van der Waals surface area contributed by atoms with E-state index in [1.54, 1.807) is 38.6 Å². The number of nitrogens with one attached hydrogen (secondary N) is 1. The van der Waals surface area contributed by atoms with Crippen molar-refractivity contribution in [2.24, 2.45) is 0 Å². The number of carbonyl (C=O) groups excluding carboxylic acids is 1. The number of aromatic nitrogens is 1. The minimum Gasteiger partial charge on any atom is -0.497 e. The van der Waals surface area contributed by atoms with E-state index in [4.69, 9.17) is 9.47 Å². The fraction of sp³-hybridized carbons (Fsp3) is 0.182. The maximum absolute atomic E-state index is 13.1. The van der Waals surface area contributed by atoms with Crippen molar-refractivity contribution < 1.29 is 14.3 Å². The van der Waals surface area contributed by atoms with Crippen LogP contribution in [-0.2, 0) is 11.2 Å². The molecular formula is C22H22N2O3. The molecule has 1 atom stereocenters. The predicted octanol–water partition coefficient (Wildman–Crippen LogP) is 4.06. The molecule has 1 unspecified atom stereocenters. The molecule has 0 aliphatic carbocycles. The first kappa shape index (κ1) is 18.5. The molecule has 0 spiro atoms. The van der Waals surface area contributed by atoms with Gasteiger partial charge in [-0.25, -0.2) is 0 Å². The van der Waals surface area contributed by atoms with E-state index in [1.165, 1.54) is 0 Å². The smallest absolute Gasteiger partial charge is 0.232 e. The Bertz CT molecular complexity index is 883. The van der Waals surface area contributed by atoms with Crippen LogP contribution in [0, 0.1) is 0 Å². The highest BCUT2D eigenvalue weighted by Crippen LogP contribution is 2.31. The number of rotatable bonds is 7. The van der Waals surface area contributed by atoms with Crippen LogP contribution in [0.3, 0.4) is 0 Å². The van der Waals surface area contributed by atoms with Gasteiger partial charge in [-0.3, -0.25) is 9.78 Å². The molecule has 138 valence electrons. The largest absolute Gasteiger partial charge is 0.497 e. The van der Waals surface area contributed by atoms with E-state index in [0.717, 1.165) is 11.3 Å². The van der Waals surface area contributed by atoms with Crippen LogP contribution in [0.4, 0.5) is 5.69 Å². The Morgan fingerprint density at radius 3 is 2.44 bits per heavy atom. The summed E-state index contributed by atoms with van der Waals surface area (Å²) in [5.41, 5.74) is 2.40. The van der Waals surface area contributed by atoms with Crippen molar-refractivity contribution in [2.45, 2.75) is 12.3 Å².